The van der Waals surface area contributed by atoms with Crippen LogP contribution in [0.2, 0.25) is 0 Å². The fourth-order valence-electron chi connectivity index (χ4n) is 3.46. The summed E-state index contributed by atoms with van der Waals surface area (Å²) >= 11 is 0. The van der Waals surface area contributed by atoms with Gasteiger partial charge in [-0.3, -0.25) is 14.7 Å². The first-order valence-corrected chi connectivity index (χ1v) is 10.6. The molecule has 1 saturated heterocycles. The zero-order chi connectivity index (χ0) is 21.1. The zero-order valence-corrected chi connectivity index (χ0v) is 18.2. The monoisotopic (exact) mass is 404 g/mol. The topological polar surface area (TPSA) is 75.2 Å². The number of likely N-dealkylation sites (tertiary alicyclic amines) is 1. The van der Waals surface area contributed by atoms with Crippen LogP contribution >= 0.6 is 0 Å². The number of rotatable bonds is 10. The molecule has 1 atom stereocenters. The highest BCUT2D eigenvalue weighted by Gasteiger charge is 2.23. The average molecular weight is 405 g/mol. The minimum absolute atomic E-state index is 0.0894. The second-order valence-corrected chi connectivity index (χ2v) is 7.47. The number of guanidine groups is 1. The minimum Gasteiger partial charge on any atom is -0.497 e. The third-order valence-corrected chi connectivity index (χ3v) is 4.82. The lowest BCUT2D eigenvalue weighted by Crippen LogP contribution is -2.39. The van der Waals surface area contributed by atoms with Gasteiger partial charge in [0.2, 0.25) is 0 Å². The van der Waals surface area contributed by atoms with Crippen LogP contribution in [0.15, 0.2) is 29.3 Å². The SMILES string of the molecule is CCNC(=NCC(c1cccc(OC)c1)N1CCCC1)NCCC(=O)OC(C)C. The van der Waals surface area contributed by atoms with Crippen molar-refractivity contribution in [2.75, 3.05) is 39.8 Å². The quantitative estimate of drug-likeness (QED) is 0.355. The Hall–Kier alpha value is -2.28. The number of nitrogens with zero attached hydrogens (tertiary/aromatic N) is 2. The van der Waals surface area contributed by atoms with Crippen molar-refractivity contribution in [2.45, 2.75) is 52.2 Å². The molecule has 0 radical (unpaired) electrons. The first-order valence-electron chi connectivity index (χ1n) is 10.6. The molecule has 0 spiro atoms. The summed E-state index contributed by atoms with van der Waals surface area (Å²) < 4.78 is 10.6. The number of aliphatic imine (C=N–C) groups is 1. The van der Waals surface area contributed by atoms with E-state index in [0.29, 0.717) is 19.5 Å². The third-order valence-electron chi connectivity index (χ3n) is 4.82. The van der Waals surface area contributed by atoms with Crippen molar-refractivity contribution in [3.8, 4) is 5.75 Å². The number of esters is 1. The summed E-state index contributed by atoms with van der Waals surface area (Å²) in [6.07, 6.45) is 2.67. The lowest BCUT2D eigenvalue weighted by Gasteiger charge is -2.27. The first kappa shape index (κ1) is 23.0. The molecule has 1 aliphatic rings. The van der Waals surface area contributed by atoms with Gasteiger partial charge in [-0.1, -0.05) is 12.1 Å². The van der Waals surface area contributed by atoms with Gasteiger partial charge >= 0.3 is 5.97 Å². The number of carbonyl (C=O) groups is 1. The van der Waals surface area contributed by atoms with Crippen molar-refractivity contribution in [3.05, 3.63) is 29.8 Å². The maximum absolute atomic E-state index is 11.7. The Balaban J connectivity index is 2.03. The van der Waals surface area contributed by atoms with E-state index in [2.05, 4.69) is 27.7 Å². The van der Waals surface area contributed by atoms with Gasteiger partial charge in [-0.15, -0.1) is 0 Å². The largest absolute Gasteiger partial charge is 0.497 e. The maximum Gasteiger partial charge on any atom is 0.307 e. The highest BCUT2D eigenvalue weighted by Crippen LogP contribution is 2.27. The lowest BCUT2D eigenvalue weighted by molar-refractivity contribution is -0.147. The van der Waals surface area contributed by atoms with Crippen LogP contribution in [-0.2, 0) is 9.53 Å². The van der Waals surface area contributed by atoms with Crippen molar-refractivity contribution in [2.24, 2.45) is 4.99 Å². The number of hydrogen-bond acceptors (Lipinski definition) is 5. The van der Waals surface area contributed by atoms with E-state index < -0.39 is 0 Å². The van der Waals surface area contributed by atoms with Crippen LogP contribution in [0.4, 0.5) is 0 Å². The number of carbonyl (C=O) groups excluding carboxylic acids is 1. The van der Waals surface area contributed by atoms with E-state index in [1.807, 2.05) is 32.9 Å². The van der Waals surface area contributed by atoms with Crippen molar-refractivity contribution < 1.29 is 14.3 Å². The van der Waals surface area contributed by atoms with E-state index in [9.17, 15) is 4.79 Å². The minimum atomic E-state index is -0.199. The fraction of sp³-hybridized carbons (Fsp3) is 0.636. The van der Waals surface area contributed by atoms with Crippen LogP contribution in [0.25, 0.3) is 0 Å². The normalized spacial score (nSPS) is 16.0. The number of nitrogens with one attached hydrogen (secondary N) is 2. The Morgan fingerprint density at radius 1 is 1.24 bits per heavy atom. The molecular weight excluding hydrogens is 368 g/mol. The molecule has 7 heteroatoms. The molecular formula is C22H36N4O3. The smallest absolute Gasteiger partial charge is 0.307 e. The predicted molar refractivity (Wildman–Crippen MR) is 116 cm³/mol. The molecule has 2 rings (SSSR count). The number of ether oxygens (including phenoxy) is 2. The summed E-state index contributed by atoms with van der Waals surface area (Å²) in [5.41, 5.74) is 1.21. The zero-order valence-electron chi connectivity index (χ0n) is 18.2. The van der Waals surface area contributed by atoms with Gasteiger partial charge < -0.3 is 20.1 Å². The fourth-order valence-corrected chi connectivity index (χ4v) is 3.46. The van der Waals surface area contributed by atoms with Crippen LogP contribution < -0.4 is 15.4 Å². The van der Waals surface area contributed by atoms with Crippen molar-refractivity contribution >= 4 is 11.9 Å². The van der Waals surface area contributed by atoms with Gasteiger partial charge in [0, 0.05) is 13.1 Å². The Morgan fingerprint density at radius 3 is 2.66 bits per heavy atom. The van der Waals surface area contributed by atoms with Gasteiger partial charge in [-0.2, -0.15) is 0 Å². The number of benzene rings is 1. The molecule has 162 valence electrons. The van der Waals surface area contributed by atoms with E-state index in [-0.39, 0.29) is 18.1 Å². The average Bonchev–Trinajstić information content (AvgIpc) is 3.22. The van der Waals surface area contributed by atoms with Gasteiger partial charge in [-0.25, -0.2) is 0 Å². The van der Waals surface area contributed by atoms with Gasteiger partial charge in [-0.05, 0) is 64.4 Å². The van der Waals surface area contributed by atoms with E-state index in [0.717, 1.165) is 31.3 Å². The Morgan fingerprint density at radius 2 is 2.00 bits per heavy atom. The first-order chi connectivity index (χ1) is 14.0. The molecule has 1 aromatic carbocycles. The predicted octanol–water partition coefficient (Wildman–Crippen LogP) is 2.73. The van der Waals surface area contributed by atoms with Crippen LogP contribution in [0, 0.1) is 0 Å². The maximum atomic E-state index is 11.7. The Labute approximate surface area is 174 Å². The van der Waals surface area contributed by atoms with E-state index in [1.54, 1.807) is 7.11 Å². The Bertz CT molecular complexity index is 657. The van der Waals surface area contributed by atoms with Crippen molar-refractivity contribution in [3.63, 3.8) is 0 Å². The second kappa shape index (κ2) is 12.3. The molecule has 1 heterocycles. The molecule has 1 aromatic rings. The molecule has 1 unspecified atom stereocenters. The molecule has 0 aromatic heterocycles. The van der Waals surface area contributed by atoms with E-state index in [1.165, 1.54) is 18.4 Å². The molecule has 29 heavy (non-hydrogen) atoms. The number of methoxy groups -OCH3 is 1. The summed E-state index contributed by atoms with van der Waals surface area (Å²) in [5, 5.41) is 6.50. The van der Waals surface area contributed by atoms with Gasteiger partial charge in [0.25, 0.3) is 0 Å². The highest BCUT2D eigenvalue weighted by molar-refractivity contribution is 5.80. The van der Waals surface area contributed by atoms with E-state index >= 15 is 0 Å². The van der Waals surface area contributed by atoms with Crippen LogP contribution in [0.3, 0.4) is 0 Å². The summed E-state index contributed by atoms with van der Waals surface area (Å²) in [6, 6.07) is 8.44. The third kappa shape index (κ3) is 7.93. The molecule has 0 bridgehead atoms. The summed E-state index contributed by atoms with van der Waals surface area (Å²) in [5.74, 6) is 1.39. The van der Waals surface area contributed by atoms with Crippen molar-refractivity contribution in [1.29, 1.82) is 0 Å². The second-order valence-electron chi connectivity index (χ2n) is 7.47. The Kier molecular flexibility index (Phi) is 9.77. The molecule has 0 saturated carbocycles. The molecule has 0 aliphatic carbocycles. The molecule has 7 nitrogen and oxygen atoms in total. The van der Waals surface area contributed by atoms with E-state index in [4.69, 9.17) is 14.5 Å². The van der Waals surface area contributed by atoms with Crippen LogP contribution in [0.5, 0.6) is 5.75 Å². The lowest BCUT2D eigenvalue weighted by atomic mass is 10.1. The van der Waals surface area contributed by atoms with Gasteiger partial charge in [0.05, 0.1) is 32.2 Å². The van der Waals surface area contributed by atoms with Crippen molar-refractivity contribution in [1.82, 2.24) is 15.5 Å². The molecule has 1 aliphatic heterocycles. The highest BCUT2D eigenvalue weighted by atomic mass is 16.5. The number of hydrogen-bond donors (Lipinski definition) is 2. The van der Waals surface area contributed by atoms with Crippen LogP contribution in [0.1, 0.15) is 51.6 Å². The molecule has 2 N–H and O–H groups in total. The van der Waals surface area contributed by atoms with Crippen LogP contribution in [-0.4, -0.2) is 62.8 Å². The summed E-state index contributed by atoms with van der Waals surface area (Å²) in [4.78, 5) is 19.0. The summed E-state index contributed by atoms with van der Waals surface area (Å²) in [7, 11) is 1.69. The molecule has 0 amide bonds. The standard InChI is InChI=1S/C22H36N4O3/c1-5-23-22(24-12-11-21(27)29-17(2)3)25-16-20(26-13-6-7-14-26)18-9-8-10-19(15-18)28-4/h8-10,15,17,20H,5-7,11-14,16H2,1-4H3,(H2,23,24,25). The van der Waals surface area contributed by atoms with Gasteiger partial charge in [0.15, 0.2) is 5.96 Å². The molecule has 1 fully saturated rings. The van der Waals surface area contributed by atoms with Gasteiger partial charge in [0.1, 0.15) is 5.75 Å². The summed E-state index contributed by atoms with van der Waals surface area (Å²) in [6.45, 7) is 9.80.